The van der Waals surface area contributed by atoms with Gasteiger partial charge in [-0.3, -0.25) is 15.1 Å². The van der Waals surface area contributed by atoms with Crippen LogP contribution in [0.1, 0.15) is 13.3 Å². The Kier molecular flexibility index (Phi) is 4.96. The Hall–Kier alpha value is -4.23. The molecule has 1 aromatic carbocycles. The second-order valence-electron chi connectivity index (χ2n) is 8.19. The molecule has 0 saturated heterocycles. The molecule has 0 atom stereocenters. The van der Waals surface area contributed by atoms with Gasteiger partial charge in [0.05, 0.1) is 28.8 Å². The number of hydrogen-bond donors (Lipinski definition) is 3. The molecule has 0 bridgehead atoms. The van der Waals surface area contributed by atoms with Crippen molar-refractivity contribution in [1.29, 1.82) is 0 Å². The smallest absolute Gasteiger partial charge is 0.116 e. The van der Waals surface area contributed by atoms with E-state index in [4.69, 9.17) is 0 Å². The van der Waals surface area contributed by atoms with E-state index < -0.39 is 0 Å². The normalized spacial score (nSPS) is 11.3. The van der Waals surface area contributed by atoms with E-state index in [0.29, 0.717) is 0 Å². The maximum atomic E-state index is 4.64. The molecule has 166 valence electrons. The van der Waals surface area contributed by atoms with Gasteiger partial charge in [-0.05, 0) is 53.8 Å². The van der Waals surface area contributed by atoms with Gasteiger partial charge >= 0.3 is 0 Å². The number of thiophene rings is 1. The third kappa shape index (κ3) is 3.56. The molecule has 34 heavy (non-hydrogen) atoms. The van der Waals surface area contributed by atoms with Gasteiger partial charge in [-0.1, -0.05) is 19.6 Å². The molecule has 5 aromatic heterocycles. The van der Waals surface area contributed by atoms with E-state index in [0.717, 1.165) is 73.4 Å². The number of aromatic amines is 2. The van der Waals surface area contributed by atoms with Crippen LogP contribution in [0.5, 0.6) is 0 Å². The highest BCUT2D eigenvalue weighted by Crippen LogP contribution is 2.35. The van der Waals surface area contributed by atoms with Crippen LogP contribution >= 0.6 is 11.3 Å². The second kappa shape index (κ2) is 8.28. The Morgan fingerprint density at radius 3 is 2.74 bits per heavy atom. The fourth-order valence-corrected chi connectivity index (χ4v) is 4.81. The minimum atomic E-state index is 0.864. The van der Waals surface area contributed by atoms with Crippen molar-refractivity contribution in [3.8, 4) is 33.8 Å². The van der Waals surface area contributed by atoms with Gasteiger partial charge in [-0.25, -0.2) is 0 Å². The summed E-state index contributed by atoms with van der Waals surface area (Å²) in [5, 5.41) is 17.5. The standard InChI is InChI=1S/C27H22N6S/c1-3-16(2)30-20-10-19(13-28-14-20)17-4-5-24-21(11-17)27(33-32-24)25-12-22-23(31-25)6-8-29-26(22)18-7-9-34-15-18/h4-15,30-31H,2-3H2,1H3,(H,32,33). The minimum Gasteiger partial charge on any atom is -0.358 e. The van der Waals surface area contributed by atoms with E-state index in [1.807, 2.05) is 24.7 Å². The number of aromatic nitrogens is 5. The lowest BCUT2D eigenvalue weighted by Crippen LogP contribution is -1.97. The molecule has 0 saturated carbocycles. The summed E-state index contributed by atoms with van der Waals surface area (Å²) in [7, 11) is 0. The minimum absolute atomic E-state index is 0.864. The number of hydrogen-bond acceptors (Lipinski definition) is 5. The Morgan fingerprint density at radius 2 is 1.88 bits per heavy atom. The maximum Gasteiger partial charge on any atom is 0.116 e. The molecule has 6 aromatic rings. The maximum absolute atomic E-state index is 4.64. The van der Waals surface area contributed by atoms with Gasteiger partial charge in [0.15, 0.2) is 0 Å². The third-order valence-corrected chi connectivity index (χ3v) is 6.66. The molecule has 0 aliphatic carbocycles. The van der Waals surface area contributed by atoms with Crippen LogP contribution < -0.4 is 5.32 Å². The lowest BCUT2D eigenvalue weighted by Gasteiger charge is -2.09. The van der Waals surface area contributed by atoms with E-state index >= 15 is 0 Å². The summed E-state index contributed by atoms with van der Waals surface area (Å²) in [5.41, 5.74) is 9.96. The number of benzene rings is 1. The van der Waals surface area contributed by atoms with Gasteiger partial charge in [-0.15, -0.1) is 0 Å². The fraction of sp³-hybridized carbons (Fsp3) is 0.0741. The molecule has 0 aliphatic rings. The molecule has 0 aliphatic heterocycles. The first-order chi connectivity index (χ1) is 16.7. The summed E-state index contributed by atoms with van der Waals surface area (Å²) < 4.78 is 0. The van der Waals surface area contributed by atoms with Crippen LogP contribution in [-0.2, 0) is 0 Å². The number of anilines is 1. The number of H-pyrrole nitrogens is 2. The first kappa shape index (κ1) is 20.4. The zero-order chi connectivity index (χ0) is 23.1. The molecule has 6 rings (SSSR count). The number of allylic oxidation sites excluding steroid dienone is 1. The van der Waals surface area contributed by atoms with Crippen LogP contribution in [0, 0.1) is 0 Å². The predicted octanol–water partition coefficient (Wildman–Crippen LogP) is 7.23. The van der Waals surface area contributed by atoms with Crippen LogP contribution in [0.15, 0.2) is 84.1 Å². The Bertz CT molecular complexity index is 1640. The van der Waals surface area contributed by atoms with Gasteiger partial charge in [0.1, 0.15) is 5.69 Å². The number of rotatable bonds is 6. The molecule has 0 unspecified atom stereocenters. The highest BCUT2D eigenvalue weighted by atomic mass is 32.1. The van der Waals surface area contributed by atoms with Crippen molar-refractivity contribution in [2.75, 3.05) is 5.32 Å². The average Bonchev–Trinajstić information content (AvgIpc) is 3.62. The molecular formula is C27H22N6S. The summed E-state index contributed by atoms with van der Waals surface area (Å²) in [4.78, 5) is 12.6. The van der Waals surface area contributed by atoms with Crippen molar-refractivity contribution < 1.29 is 0 Å². The largest absolute Gasteiger partial charge is 0.358 e. The SMILES string of the molecule is C=C(CC)Nc1cncc(-c2ccc3[nH]nc(-c4cc5c(-c6ccsc6)nccc5[nH]4)c3c2)c1. The first-order valence-corrected chi connectivity index (χ1v) is 12.0. The molecule has 0 amide bonds. The number of pyridine rings is 2. The molecular weight excluding hydrogens is 440 g/mol. The van der Waals surface area contributed by atoms with Gasteiger partial charge in [-0.2, -0.15) is 16.4 Å². The molecule has 7 heteroatoms. The molecule has 0 radical (unpaired) electrons. The van der Waals surface area contributed by atoms with Crippen molar-refractivity contribution in [3.63, 3.8) is 0 Å². The molecule has 3 N–H and O–H groups in total. The summed E-state index contributed by atoms with van der Waals surface area (Å²) >= 11 is 1.67. The van der Waals surface area contributed by atoms with Gasteiger partial charge < -0.3 is 10.3 Å². The predicted molar refractivity (Wildman–Crippen MR) is 141 cm³/mol. The highest BCUT2D eigenvalue weighted by molar-refractivity contribution is 7.08. The summed E-state index contributed by atoms with van der Waals surface area (Å²) in [6, 6.07) is 14.6. The van der Waals surface area contributed by atoms with Crippen molar-refractivity contribution in [1.82, 2.24) is 25.1 Å². The number of nitrogens with zero attached hydrogens (tertiary/aromatic N) is 3. The Labute approximate surface area is 200 Å². The number of nitrogens with one attached hydrogen (secondary N) is 3. The van der Waals surface area contributed by atoms with Crippen LogP contribution in [-0.4, -0.2) is 25.1 Å². The average molecular weight is 463 g/mol. The van der Waals surface area contributed by atoms with Gasteiger partial charge in [0.25, 0.3) is 0 Å². The number of fused-ring (bicyclic) bond motifs is 2. The van der Waals surface area contributed by atoms with Crippen LogP contribution in [0.25, 0.3) is 55.6 Å². The zero-order valence-corrected chi connectivity index (χ0v) is 19.4. The molecule has 5 heterocycles. The van der Waals surface area contributed by atoms with Gasteiger partial charge in [0, 0.05) is 50.9 Å². The monoisotopic (exact) mass is 462 g/mol. The van der Waals surface area contributed by atoms with E-state index in [2.05, 4.69) is 91.1 Å². The van der Waals surface area contributed by atoms with E-state index in [1.54, 1.807) is 11.3 Å². The quantitative estimate of drug-likeness (QED) is 0.244. The third-order valence-electron chi connectivity index (χ3n) is 5.98. The van der Waals surface area contributed by atoms with Crippen LogP contribution in [0.2, 0.25) is 0 Å². The highest BCUT2D eigenvalue weighted by Gasteiger charge is 2.15. The van der Waals surface area contributed by atoms with Crippen molar-refractivity contribution in [2.24, 2.45) is 0 Å². The van der Waals surface area contributed by atoms with Crippen molar-refractivity contribution in [2.45, 2.75) is 13.3 Å². The topological polar surface area (TPSA) is 82.3 Å². The summed E-state index contributed by atoms with van der Waals surface area (Å²) in [5.74, 6) is 0. The summed E-state index contributed by atoms with van der Waals surface area (Å²) in [6.45, 7) is 6.11. The van der Waals surface area contributed by atoms with Gasteiger partial charge in [0.2, 0.25) is 0 Å². The zero-order valence-electron chi connectivity index (χ0n) is 18.6. The molecule has 0 fully saturated rings. The fourth-order valence-electron chi connectivity index (χ4n) is 4.17. The summed E-state index contributed by atoms with van der Waals surface area (Å²) in [6.07, 6.45) is 6.40. The lowest BCUT2D eigenvalue weighted by atomic mass is 10.0. The Morgan fingerprint density at radius 1 is 0.971 bits per heavy atom. The Balaban J connectivity index is 1.43. The molecule has 6 nitrogen and oxygen atoms in total. The first-order valence-electron chi connectivity index (χ1n) is 11.1. The van der Waals surface area contributed by atoms with Crippen molar-refractivity contribution in [3.05, 3.63) is 84.1 Å². The van der Waals surface area contributed by atoms with E-state index in [-0.39, 0.29) is 0 Å². The van der Waals surface area contributed by atoms with Crippen molar-refractivity contribution >= 4 is 38.8 Å². The second-order valence-corrected chi connectivity index (χ2v) is 8.97. The van der Waals surface area contributed by atoms with E-state index in [1.165, 1.54) is 0 Å². The lowest BCUT2D eigenvalue weighted by molar-refractivity contribution is 1.11. The van der Waals surface area contributed by atoms with Crippen LogP contribution in [0.4, 0.5) is 5.69 Å². The van der Waals surface area contributed by atoms with Crippen LogP contribution in [0.3, 0.4) is 0 Å². The van der Waals surface area contributed by atoms with E-state index in [9.17, 15) is 0 Å². The molecule has 0 spiro atoms.